The Morgan fingerprint density at radius 2 is 2.00 bits per heavy atom. The number of para-hydroxylation sites is 1. The summed E-state index contributed by atoms with van der Waals surface area (Å²) in [6.45, 7) is 3.75. The predicted molar refractivity (Wildman–Crippen MR) is 72.9 cm³/mol. The van der Waals surface area contributed by atoms with Crippen molar-refractivity contribution in [1.29, 1.82) is 0 Å². The number of benzene rings is 1. The van der Waals surface area contributed by atoms with Crippen molar-refractivity contribution in [2.45, 2.75) is 6.54 Å². The Hall–Kier alpha value is -1.30. The lowest BCUT2D eigenvalue weighted by Gasteiger charge is -2.27. The molecule has 0 saturated carbocycles. The Bertz CT molecular complexity index is 407. The van der Waals surface area contributed by atoms with Crippen molar-refractivity contribution in [3.8, 4) is 5.75 Å². The molecule has 1 saturated heterocycles. The fourth-order valence-corrected chi connectivity index (χ4v) is 1.91. The summed E-state index contributed by atoms with van der Waals surface area (Å²) < 4.78 is 10.6. The molecule has 0 amide bonds. The lowest BCUT2D eigenvalue weighted by atomic mass is 10.2. The van der Waals surface area contributed by atoms with E-state index in [4.69, 9.17) is 14.6 Å². The summed E-state index contributed by atoms with van der Waals surface area (Å²) in [5, 5.41) is 8.64. The molecule has 1 aliphatic heterocycles. The third-order valence-corrected chi connectivity index (χ3v) is 2.82. The van der Waals surface area contributed by atoms with Gasteiger partial charge in [-0.2, -0.15) is 0 Å². The number of carbonyl (C=O) groups is 1. The van der Waals surface area contributed by atoms with Crippen molar-refractivity contribution >= 4 is 18.4 Å². The van der Waals surface area contributed by atoms with Crippen molar-refractivity contribution < 1.29 is 19.4 Å². The van der Waals surface area contributed by atoms with Gasteiger partial charge in [-0.05, 0) is 6.07 Å². The maximum absolute atomic E-state index is 10.5. The van der Waals surface area contributed by atoms with E-state index in [9.17, 15) is 4.79 Å². The fourth-order valence-electron chi connectivity index (χ4n) is 1.91. The molecule has 1 aromatic rings. The summed E-state index contributed by atoms with van der Waals surface area (Å²) in [7, 11) is 0. The van der Waals surface area contributed by atoms with E-state index in [0.717, 1.165) is 38.4 Å². The molecule has 1 aliphatic rings. The van der Waals surface area contributed by atoms with Gasteiger partial charge in [0, 0.05) is 25.2 Å². The van der Waals surface area contributed by atoms with Crippen LogP contribution in [0.2, 0.25) is 0 Å². The Balaban J connectivity index is 0.00000180. The smallest absolute Gasteiger partial charge is 0.341 e. The number of nitrogens with zero attached hydrogens (tertiary/aromatic N) is 1. The molecule has 1 heterocycles. The molecule has 0 aliphatic carbocycles. The minimum atomic E-state index is -0.962. The van der Waals surface area contributed by atoms with E-state index >= 15 is 0 Å². The van der Waals surface area contributed by atoms with E-state index in [-0.39, 0.29) is 19.0 Å². The van der Waals surface area contributed by atoms with E-state index < -0.39 is 5.97 Å². The van der Waals surface area contributed by atoms with Crippen LogP contribution in [0.4, 0.5) is 0 Å². The van der Waals surface area contributed by atoms with E-state index in [2.05, 4.69) is 4.90 Å². The minimum absolute atomic E-state index is 0. The van der Waals surface area contributed by atoms with E-state index in [1.807, 2.05) is 18.2 Å². The van der Waals surface area contributed by atoms with Crippen LogP contribution in [-0.4, -0.2) is 48.9 Å². The van der Waals surface area contributed by atoms with E-state index in [0.29, 0.717) is 5.75 Å². The normalized spacial score (nSPS) is 15.6. The van der Waals surface area contributed by atoms with Gasteiger partial charge in [0.2, 0.25) is 0 Å². The predicted octanol–water partition coefficient (Wildman–Crippen LogP) is 1.40. The van der Waals surface area contributed by atoms with Crippen LogP contribution in [0.3, 0.4) is 0 Å². The molecule has 0 aromatic heterocycles. The molecule has 5 nitrogen and oxygen atoms in total. The standard InChI is InChI=1S/C13H17NO4.ClH/c15-13(16)10-18-12-4-2-1-3-11(12)9-14-5-7-17-8-6-14;/h1-4H,5-10H2,(H,15,16);1H. The van der Waals surface area contributed by atoms with Gasteiger partial charge in [-0.15, -0.1) is 12.4 Å². The summed E-state index contributed by atoms with van der Waals surface area (Å²) in [6.07, 6.45) is 0. The van der Waals surface area contributed by atoms with Gasteiger partial charge >= 0.3 is 5.97 Å². The maximum atomic E-state index is 10.5. The minimum Gasteiger partial charge on any atom is -0.482 e. The third-order valence-electron chi connectivity index (χ3n) is 2.82. The Labute approximate surface area is 118 Å². The zero-order valence-corrected chi connectivity index (χ0v) is 11.4. The molecule has 2 rings (SSSR count). The SMILES string of the molecule is Cl.O=C(O)COc1ccccc1CN1CCOCC1. The van der Waals surface area contributed by atoms with E-state index in [1.165, 1.54) is 0 Å². The Morgan fingerprint density at radius 1 is 1.32 bits per heavy atom. The molecular weight excluding hydrogens is 270 g/mol. The molecule has 19 heavy (non-hydrogen) atoms. The van der Waals surface area contributed by atoms with Crippen molar-refractivity contribution in [3.05, 3.63) is 29.8 Å². The number of aliphatic carboxylic acids is 1. The molecule has 0 radical (unpaired) electrons. The highest BCUT2D eigenvalue weighted by Crippen LogP contribution is 2.20. The highest BCUT2D eigenvalue weighted by atomic mass is 35.5. The third kappa shape index (κ3) is 5.06. The van der Waals surface area contributed by atoms with Gasteiger partial charge in [0.25, 0.3) is 0 Å². The van der Waals surface area contributed by atoms with Crippen LogP contribution in [0.25, 0.3) is 0 Å². The number of hydrogen-bond donors (Lipinski definition) is 1. The molecule has 0 unspecified atom stereocenters. The lowest BCUT2D eigenvalue weighted by molar-refractivity contribution is -0.139. The van der Waals surface area contributed by atoms with Crippen LogP contribution in [0.1, 0.15) is 5.56 Å². The van der Waals surface area contributed by atoms with Gasteiger partial charge in [0.15, 0.2) is 6.61 Å². The van der Waals surface area contributed by atoms with Gasteiger partial charge in [0.05, 0.1) is 13.2 Å². The summed E-state index contributed by atoms with van der Waals surface area (Å²) >= 11 is 0. The molecule has 0 atom stereocenters. The zero-order valence-electron chi connectivity index (χ0n) is 10.6. The second kappa shape index (κ2) is 7.99. The lowest BCUT2D eigenvalue weighted by Crippen LogP contribution is -2.35. The first-order valence-corrected chi connectivity index (χ1v) is 5.98. The van der Waals surface area contributed by atoms with Crippen LogP contribution < -0.4 is 4.74 Å². The van der Waals surface area contributed by atoms with Crippen molar-refractivity contribution in [1.82, 2.24) is 4.90 Å². The van der Waals surface area contributed by atoms with Crippen LogP contribution in [-0.2, 0) is 16.1 Å². The van der Waals surface area contributed by atoms with Crippen molar-refractivity contribution in [2.75, 3.05) is 32.9 Å². The van der Waals surface area contributed by atoms with Crippen molar-refractivity contribution in [2.24, 2.45) is 0 Å². The van der Waals surface area contributed by atoms with Gasteiger partial charge < -0.3 is 14.6 Å². The highest BCUT2D eigenvalue weighted by Gasteiger charge is 2.13. The molecule has 1 N–H and O–H groups in total. The first-order valence-electron chi connectivity index (χ1n) is 5.98. The van der Waals surface area contributed by atoms with Crippen LogP contribution in [0.15, 0.2) is 24.3 Å². The topological polar surface area (TPSA) is 59.0 Å². The summed E-state index contributed by atoms with van der Waals surface area (Å²) in [4.78, 5) is 12.8. The molecule has 6 heteroatoms. The summed E-state index contributed by atoms with van der Waals surface area (Å²) in [6, 6.07) is 7.55. The molecular formula is C13H18ClNO4. The van der Waals surface area contributed by atoms with E-state index in [1.54, 1.807) is 6.07 Å². The van der Waals surface area contributed by atoms with Gasteiger partial charge in [-0.25, -0.2) is 4.79 Å². The van der Waals surface area contributed by atoms with Gasteiger partial charge in [0.1, 0.15) is 5.75 Å². The second-order valence-electron chi connectivity index (χ2n) is 4.18. The first-order chi connectivity index (χ1) is 8.75. The number of carboxylic acids is 1. The fraction of sp³-hybridized carbons (Fsp3) is 0.462. The molecule has 106 valence electrons. The number of carboxylic acid groups (broad SMARTS) is 1. The van der Waals surface area contributed by atoms with Crippen LogP contribution in [0, 0.1) is 0 Å². The monoisotopic (exact) mass is 287 g/mol. The molecule has 1 fully saturated rings. The number of morpholine rings is 1. The number of ether oxygens (including phenoxy) is 2. The first kappa shape index (κ1) is 15.8. The largest absolute Gasteiger partial charge is 0.482 e. The second-order valence-corrected chi connectivity index (χ2v) is 4.18. The molecule has 0 bridgehead atoms. The highest BCUT2D eigenvalue weighted by molar-refractivity contribution is 5.85. The summed E-state index contributed by atoms with van der Waals surface area (Å²) in [5.41, 5.74) is 1.01. The van der Waals surface area contributed by atoms with Crippen molar-refractivity contribution in [3.63, 3.8) is 0 Å². The maximum Gasteiger partial charge on any atom is 0.341 e. The Kier molecular flexibility index (Phi) is 6.62. The zero-order chi connectivity index (χ0) is 12.8. The van der Waals surface area contributed by atoms with Crippen LogP contribution >= 0.6 is 12.4 Å². The Morgan fingerprint density at radius 3 is 2.68 bits per heavy atom. The average Bonchev–Trinajstić information content (AvgIpc) is 2.39. The number of halogens is 1. The van der Waals surface area contributed by atoms with Gasteiger partial charge in [-0.3, -0.25) is 4.90 Å². The van der Waals surface area contributed by atoms with Crippen LogP contribution in [0.5, 0.6) is 5.75 Å². The molecule has 1 aromatic carbocycles. The average molecular weight is 288 g/mol. The summed E-state index contributed by atoms with van der Waals surface area (Å²) in [5.74, 6) is -0.317. The molecule has 0 spiro atoms. The number of hydrogen-bond acceptors (Lipinski definition) is 4. The quantitative estimate of drug-likeness (QED) is 0.887. The van der Waals surface area contributed by atoms with Gasteiger partial charge in [-0.1, -0.05) is 18.2 Å². The number of rotatable bonds is 5.